The van der Waals surface area contributed by atoms with E-state index in [0.29, 0.717) is 0 Å². The van der Waals surface area contributed by atoms with Gasteiger partial charge in [0.2, 0.25) is 0 Å². The highest BCUT2D eigenvalue weighted by Gasteiger charge is 2.17. The third kappa shape index (κ3) is 2.72. The van der Waals surface area contributed by atoms with Gasteiger partial charge in [-0.3, -0.25) is 9.80 Å². The normalized spacial score (nSPS) is 20.8. The van der Waals surface area contributed by atoms with Crippen molar-refractivity contribution >= 4 is 10.9 Å². The average Bonchev–Trinajstić information content (AvgIpc) is 3.23. The van der Waals surface area contributed by atoms with Gasteiger partial charge in [0, 0.05) is 23.6 Å². The van der Waals surface area contributed by atoms with Crippen LogP contribution in [-0.2, 0) is 13.2 Å². The molecule has 3 heterocycles. The molecular weight excluding hydrogens is 258 g/mol. The summed E-state index contributed by atoms with van der Waals surface area (Å²) in [7, 11) is 0. The van der Waals surface area contributed by atoms with Gasteiger partial charge >= 0.3 is 0 Å². The number of hydrogen-bond acceptors (Lipinski definition) is 2. The van der Waals surface area contributed by atoms with E-state index < -0.39 is 0 Å². The molecule has 0 saturated carbocycles. The van der Waals surface area contributed by atoms with Crippen molar-refractivity contribution in [2.24, 2.45) is 0 Å². The van der Waals surface area contributed by atoms with Crippen molar-refractivity contribution in [1.82, 2.24) is 14.4 Å². The van der Waals surface area contributed by atoms with Crippen LogP contribution in [0, 0.1) is 0 Å². The minimum atomic E-state index is 1.06. The second kappa shape index (κ2) is 5.82. The number of benzene rings is 1. The fourth-order valence-electron chi connectivity index (χ4n) is 3.89. The van der Waals surface area contributed by atoms with E-state index in [0.717, 1.165) is 13.2 Å². The molecule has 112 valence electrons. The van der Waals surface area contributed by atoms with E-state index in [4.69, 9.17) is 0 Å². The summed E-state index contributed by atoms with van der Waals surface area (Å²) in [5.74, 6) is 0. The van der Waals surface area contributed by atoms with Gasteiger partial charge in [-0.1, -0.05) is 18.2 Å². The Bertz CT molecular complexity index is 552. The van der Waals surface area contributed by atoms with Gasteiger partial charge in [-0.2, -0.15) is 0 Å². The molecule has 0 atom stereocenters. The number of nitrogens with zero attached hydrogens (tertiary/aromatic N) is 3. The molecule has 21 heavy (non-hydrogen) atoms. The molecule has 3 heteroatoms. The smallest absolute Gasteiger partial charge is 0.0751 e. The van der Waals surface area contributed by atoms with Gasteiger partial charge in [0.15, 0.2) is 0 Å². The van der Waals surface area contributed by atoms with Crippen molar-refractivity contribution in [3.8, 4) is 0 Å². The summed E-state index contributed by atoms with van der Waals surface area (Å²) >= 11 is 0. The molecule has 0 N–H and O–H groups in total. The molecule has 0 bridgehead atoms. The number of rotatable bonds is 4. The summed E-state index contributed by atoms with van der Waals surface area (Å²) in [6, 6.07) is 8.92. The molecule has 4 rings (SSSR count). The zero-order chi connectivity index (χ0) is 14.1. The molecule has 2 aliphatic heterocycles. The maximum absolute atomic E-state index is 2.60. The van der Waals surface area contributed by atoms with Crippen LogP contribution >= 0.6 is 0 Å². The van der Waals surface area contributed by atoms with Gasteiger partial charge in [0.1, 0.15) is 0 Å². The molecule has 0 unspecified atom stereocenters. The summed E-state index contributed by atoms with van der Waals surface area (Å²) in [6.07, 6.45) is 7.86. The predicted octanol–water partition coefficient (Wildman–Crippen LogP) is 3.29. The molecule has 0 amide bonds. The van der Waals surface area contributed by atoms with Crippen LogP contribution in [0.1, 0.15) is 31.2 Å². The lowest BCUT2D eigenvalue weighted by atomic mass is 10.1. The van der Waals surface area contributed by atoms with Crippen molar-refractivity contribution < 1.29 is 0 Å². The zero-order valence-electron chi connectivity index (χ0n) is 12.8. The lowest BCUT2D eigenvalue weighted by molar-refractivity contribution is 0.274. The lowest BCUT2D eigenvalue weighted by Crippen LogP contribution is -2.22. The first-order chi connectivity index (χ1) is 10.4. The Hall–Kier alpha value is -1.32. The summed E-state index contributed by atoms with van der Waals surface area (Å²) in [6.45, 7) is 7.23. The molecule has 1 aromatic heterocycles. The van der Waals surface area contributed by atoms with Crippen molar-refractivity contribution in [1.29, 1.82) is 0 Å². The summed E-state index contributed by atoms with van der Waals surface area (Å²) in [5.41, 5.74) is 2.91. The van der Waals surface area contributed by atoms with Gasteiger partial charge in [0.25, 0.3) is 0 Å². The van der Waals surface area contributed by atoms with E-state index in [1.165, 1.54) is 68.3 Å². The fraction of sp³-hybridized carbons (Fsp3) is 0.556. The molecule has 2 saturated heterocycles. The minimum Gasteiger partial charge on any atom is -0.334 e. The van der Waals surface area contributed by atoms with E-state index >= 15 is 0 Å². The molecular formula is C18H25N3. The van der Waals surface area contributed by atoms with Gasteiger partial charge in [0.05, 0.1) is 6.67 Å². The lowest BCUT2D eigenvalue weighted by Gasteiger charge is -2.16. The van der Waals surface area contributed by atoms with Crippen LogP contribution in [-0.4, -0.2) is 40.5 Å². The Morgan fingerprint density at radius 2 is 1.48 bits per heavy atom. The van der Waals surface area contributed by atoms with Crippen LogP contribution < -0.4 is 0 Å². The monoisotopic (exact) mass is 283 g/mol. The van der Waals surface area contributed by atoms with E-state index in [2.05, 4.69) is 44.8 Å². The molecule has 1 aromatic carbocycles. The summed E-state index contributed by atoms with van der Waals surface area (Å²) in [5, 5.41) is 1.45. The molecule has 3 nitrogen and oxygen atoms in total. The third-order valence-corrected chi connectivity index (χ3v) is 5.01. The van der Waals surface area contributed by atoms with E-state index in [1.807, 2.05) is 0 Å². The molecule has 2 fully saturated rings. The maximum Gasteiger partial charge on any atom is 0.0751 e. The van der Waals surface area contributed by atoms with Crippen molar-refractivity contribution in [3.05, 3.63) is 36.0 Å². The van der Waals surface area contributed by atoms with E-state index in [-0.39, 0.29) is 0 Å². The highest BCUT2D eigenvalue weighted by atomic mass is 15.3. The van der Waals surface area contributed by atoms with Gasteiger partial charge < -0.3 is 4.57 Å². The van der Waals surface area contributed by atoms with Crippen molar-refractivity contribution in [3.63, 3.8) is 0 Å². The Morgan fingerprint density at radius 1 is 0.810 bits per heavy atom. The van der Waals surface area contributed by atoms with Crippen molar-refractivity contribution in [2.45, 2.75) is 38.9 Å². The number of hydrogen-bond donors (Lipinski definition) is 0. The Balaban J connectivity index is 1.63. The second-order valence-corrected chi connectivity index (χ2v) is 6.59. The van der Waals surface area contributed by atoms with Crippen LogP contribution in [0.15, 0.2) is 30.5 Å². The average molecular weight is 283 g/mol. The predicted molar refractivity (Wildman–Crippen MR) is 87.3 cm³/mol. The minimum absolute atomic E-state index is 1.06. The Kier molecular flexibility index (Phi) is 3.70. The standard InChI is InChI=1S/C18H25N3/c1-2-8-18-17(7-1)16(13-19-9-3-4-10-19)14-21(18)15-20-11-5-6-12-20/h1-2,7-8,14H,3-6,9-13,15H2. The highest BCUT2D eigenvalue weighted by Crippen LogP contribution is 2.25. The SMILES string of the molecule is c1ccc2c(c1)c(CN1CCCC1)cn2CN1CCCC1. The number of aromatic nitrogens is 1. The summed E-state index contributed by atoms with van der Waals surface area (Å²) in [4.78, 5) is 5.17. The Labute approximate surface area is 127 Å². The van der Waals surface area contributed by atoms with Crippen LogP contribution in [0.2, 0.25) is 0 Å². The first kappa shape index (κ1) is 13.4. The number of para-hydroxylation sites is 1. The van der Waals surface area contributed by atoms with Crippen LogP contribution in [0.3, 0.4) is 0 Å². The number of fused-ring (bicyclic) bond motifs is 1. The quantitative estimate of drug-likeness (QED) is 0.853. The largest absolute Gasteiger partial charge is 0.334 e. The second-order valence-electron chi connectivity index (χ2n) is 6.59. The van der Waals surface area contributed by atoms with Crippen LogP contribution in [0.4, 0.5) is 0 Å². The zero-order valence-corrected chi connectivity index (χ0v) is 12.8. The van der Waals surface area contributed by atoms with Gasteiger partial charge in [-0.25, -0.2) is 0 Å². The van der Waals surface area contributed by atoms with Gasteiger partial charge in [-0.15, -0.1) is 0 Å². The van der Waals surface area contributed by atoms with Gasteiger partial charge in [-0.05, 0) is 63.5 Å². The highest BCUT2D eigenvalue weighted by molar-refractivity contribution is 5.83. The molecule has 2 aromatic rings. The first-order valence-electron chi connectivity index (χ1n) is 8.41. The molecule has 2 aliphatic rings. The molecule has 0 aliphatic carbocycles. The maximum atomic E-state index is 2.60. The molecule has 0 radical (unpaired) electrons. The van der Waals surface area contributed by atoms with Crippen LogP contribution in [0.5, 0.6) is 0 Å². The van der Waals surface area contributed by atoms with Crippen LogP contribution in [0.25, 0.3) is 10.9 Å². The van der Waals surface area contributed by atoms with Crippen molar-refractivity contribution in [2.75, 3.05) is 26.2 Å². The number of likely N-dealkylation sites (tertiary alicyclic amines) is 2. The van der Waals surface area contributed by atoms with E-state index in [1.54, 1.807) is 0 Å². The van der Waals surface area contributed by atoms with E-state index in [9.17, 15) is 0 Å². The Morgan fingerprint density at radius 3 is 2.24 bits per heavy atom. The third-order valence-electron chi connectivity index (χ3n) is 5.01. The fourth-order valence-corrected chi connectivity index (χ4v) is 3.89. The molecule has 0 spiro atoms. The topological polar surface area (TPSA) is 11.4 Å². The first-order valence-corrected chi connectivity index (χ1v) is 8.41. The summed E-state index contributed by atoms with van der Waals surface area (Å²) < 4.78 is 2.46.